The van der Waals surface area contributed by atoms with Crippen LogP contribution in [0.3, 0.4) is 0 Å². The molecule has 1 saturated heterocycles. The standard InChI is InChI=1S/C10H13N3O/c1-5-11-8-4-6-2-3-7(13-6)9(8)10(14)12-5/h6-7,13H,2-4H2,1H3,(H,11,12,14). The molecule has 0 amide bonds. The number of hydrogen-bond donors (Lipinski definition) is 2. The van der Waals surface area contributed by atoms with Gasteiger partial charge in [-0.25, -0.2) is 4.98 Å². The van der Waals surface area contributed by atoms with Crippen LogP contribution in [0.4, 0.5) is 0 Å². The molecular weight excluding hydrogens is 178 g/mol. The normalized spacial score (nSPS) is 28.9. The van der Waals surface area contributed by atoms with Gasteiger partial charge in [0, 0.05) is 18.5 Å². The van der Waals surface area contributed by atoms with Gasteiger partial charge in [0.15, 0.2) is 0 Å². The summed E-state index contributed by atoms with van der Waals surface area (Å²) >= 11 is 0. The highest BCUT2D eigenvalue weighted by Crippen LogP contribution is 2.32. The maximum absolute atomic E-state index is 11.7. The summed E-state index contributed by atoms with van der Waals surface area (Å²) in [4.78, 5) is 18.9. The van der Waals surface area contributed by atoms with Crippen LogP contribution in [0, 0.1) is 6.92 Å². The largest absolute Gasteiger partial charge is 0.310 e. The first kappa shape index (κ1) is 8.17. The molecule has 1 aromatic heterocycles. The van der Waals surface area contributed by atoms with E-state index in [0.29, 0.717) is 6.04 Å². The van der Waals surface area contributed by atoms with Crippen LogP contribution in [0.5, 0.6) is 0 Å². The Labute approximate surface area is 81.8 Å². The number of aromatic nitrogens is 2. The Bertz CT molecular complexity index is 437. The van der Waals surface area contributed by atoms with Gasteiger partial charge in [0.05, 0.1) is 11.3 Å². The topological polar surface area (TPSA) is 57.8 Å². The first-order valence-corrected chi connectivity index (χ1v) is 5.10. The summed E-state index contributed by atoms with van der Waals surface area (Å²) in [5, 5.41) is 3.45. The van der Waals surface area contributed by atoms with Crippen LogP contribution in [-0.2, 0) is 6.42 Å². The minimum absolute atomic E-state index is 0.0466. The van der Waals surface area contributed by atoms with Crippen molar-refractivity contribution in [3.63, 3.8) is 0 Å². The van der Waals surface area contributed by atoms with Crippen molar-refractivity contribution >= 4 is 0 Å². The molecular formula is C10H13N3O. The van der Waals surface area contributed by atoms with Crippen molar-refractivity contribution in [2.24, 2.45) is 0 Å². The molecule has 74 valence electrons. The summed E-state index contributed by atoms with van der Waals surface area (Å²) in [6.07, 6.45) is 3.15. The van der Waals surface area contributed by atoms with E-state index in [1.165, 1.54) is 6.42 Å². The number of fused-ring (bicyclic) bond motifs is 4. The fraction of sp³-hybridized carbons (Fsp3) is 0.600. The zero-order chi connectivity index (χ0) is 9.71. The molecule has 2 aliphatic rings. The molecule has 0 radical (unpaired) electrons. The lowest BCUT2D eigenvalue weighted by Crippen LogP contribution is -2.37. The van der Waals surface area contributed by atoms with Gasteiger partial charge in [-0.2, -0.15) is 0 Å². The van der Waals surface area contributed by atoms with Crippen LogP contribution in [0.1, 0.15) is 36.0 Å². The number of rotatable bonds is 0. The van der Waals surface area contributed by atoms with Gasteiger partial charge in [0.25, 0.3) is 5.56 Å². The van der Waals surface area contributed by atoms with Crippen LogP contribution in [0.15, 0.2) is 4.79 Å². The Balaban J connectivity index is 2.23. The van der Waals surface area contributed by atoms with E-state index in [2.05, 4.69) is 15.3 Å². The fourth-order valence-electron chi connectivity index (χ4n) is 2.61. The van der Waals surface area contributed by atoms with E-state index in [4.69, 9.17) is 0 Å². The number of hydrogen-bond acceptors (Lipinski definition) is 3. The van der Waals surface area contributed by atoms with Crippen molar-refractivity contribution in [2.45, 2.75) is 38.3 Å². The summed E-state index contributed by atoms with van der Waals surface area (Å²) in [6.45, 7) is 1.84. The van der Waals surface area contributed by atoms with Gasteiger partial charge in [0.2, 0.25) is 0 Å². The van der Waals surface area contributed by atoms with E-state index in [0.717, 1.165) is 29.9 Å². The molecule has 4 heteroatoms. The number of nitrogens with one attached hydrogen (secondary N) is 2. The number of aromatic amines is 1. The lowest BCUT2D eigenvalue weighted by Gasteiger charge is -2.22. The molecule has 3 heterocycles. The smallest absolute Gasteiger partial charge is 0.255 e. The Morgan fingerprint density at radius 2 is 2.29 bits per heavy atom. The number of nitrogens with zero attached hydrogens (tertiary/aromatic N) is 1. The second-order valence-electron chi connectivity index (χ2n) is 4.21. The third-order valence-electron chi connectivity index (χ3n) is 3.18. The van der Waals surface area contributed by atoms with E-state index in [1.54, 1.807) is 0 Å². The van der Waals surface area contributed by atoms with Crippen LogP contribution in [0.25, 0.3) is 0 Å². The highest BCUT2D eigenvalue weighted by atomic mass is 16.1. The maximum Gasteiger partial charge on any atom is 0.255 e. The van der Waals surface area contributed by atoms with E-state index >= 15 is 0 Å². The van der Waals surface area contributed by atoms with Crippen molar-refractivity contribution in [3.05, 3.63) is 27.4 Å². The van der Waals surface area contributed by atoms with Crippen molar-refractivity contribution in [1.29, 1.82) is 0 Å². The molecule has 3 rings (SSSR count). The van der Waals surface area contributed by atoms with Gasteiger partial charge < -0.3 is 10.3 Å². The highest BCUT2D eigenvalue weighted by molar-refractivity contribution is 5.28. The molecule has 0 spiro atoms. The van der Waals surface area contributed by atoms with E-state index in [-0.39, 0.29) is 11.6 Å². The number of aryl methyl sites for hydroxylation is 1. The predicted molar refractivity (Wildman–Crippen MR) is 52.2 cm³/mol. The molecule has 2 aliphatic heterocycles. The molecule has 2 atom stereocenters. The van der Waals surface area contributed by atoms with Crippen molar-refractivity contribution in [1.82, 2.24) is 15.3 Å². The van der Waals surface area contributed by atoms with Crippen molar-refractivity contribution in [3.8, 4) is 0 Å². The van der Waals surface area contributed by atoms with Crippen molar-refractivity contribution < 1.29 is 0 Å². The van der Waals surface area contributed by atoms with Gasteiger partial charge in [0.1, 0.15) is 5.82 Å². The average molecular weight is 191 g/mol. The zero-order valence-corrected chi connectivity index (χ0v) is 8.13. The molecule has 4 nitrogen and oxygen atoms in total. The van der Waals surface area contributed by atoms with Gasteiger partial charge >= 0.3 is 0 Å². The third-order valence-corrected chi connectivity index (χ3v) is 3.18. The molecule has 1 aromatic rings. The first-order chi connectivity index (χ1) is 6.74. The molecule has 2 bridgehead atoms. The monoisotopic (exact) mass is 191 g/mol. The summed E-state index contributed by atoms with van der Waals surface area (Å²) in [6, 6.07) is 0.793. The van der Waals surface area contributed by atoms with Crippen LogP contribution < -0.4 is 10.9 Å². The van der Waals surface area contributed by atoms with Gasteiger partial charge in [-0.15, -0.1) is 0 Å². The zero-order valence-electron chi connectivity index (χ0n) is 8.13. The second-order valence-corrected chi connectivity index (χ2v) is 4.21. The highest BCUT2D eigenvalue weighted by Gasteiger charge is 2.34. The Hall–Kier alpha value is -1.16. The lowest BCUT2D eigenvalue weighted by molar-refractivity contribution is 0.499. The van der Waals surface area contributed by atoms with E-state index < -0.39 is 0 Å². The maximum atomic E-state index is 11.7. The van der Waals surface area contributed by atoms with Crippen LogP contribution in [-0.4, -0.2) is 16.0 Å². The molecule has 0 aromatic carbocycles. The summed E-state index contributed by atoms with van der Waals surface area (Å²) < 4.78 is 0. The van der Waals surface area contributed by atoms with Gasteiger partial charge in [-0.3, -0.25) is 4.79 Å². The van der Waals surface area contributed by atoms with E-state index in [1.807, 2.05) is 6.92 Å². The summed E-state index contributed by atoms with van der Waals surface area (Å²) in [5.41, 5.74) is 1.94. The fourth-order valence-corrected chi connectivity index (χ4v) is 2.61. The quantitative estimate of drug-likeness (QED) is 0.625. The molecule has 14 heavy (non-hydrogen) atoms. The average Bonchev–Trinajstić information content (AvgIpc) is 2.46. The van der Waals surface area contributed by atoms with Crippen LogP contribution >= 0.6 is 0 Å². The Kier molecular flexibility index (Phi) is 1.56. The summed E-state index contributed by atoms with van der Waals surface area (Å²) in [5.74, 6) is 0.732. The minimum atomic E-state index is 0.0466. The Morgan fingerprint density at radius 3 is 3.14 bits per heavy atom. The first-order valence-electron chi connectivity index (χ1n) is 5.10. The summed E-state index contributed by atoms with van der Waals surface area (Å²) in [7, 11) is 0. The molecule has 2 N–H and O–H groups in total. The Morgan fingerprint density at radius 1 is 1.43 bits per heavy atom. The van der Waals surface area contributed by atoms with Gasteiger partial charge in [-0.05, 0) is 19.8 Å². The SMILES string of the molecule is Cc1nc2c(c(=O)[nH]1)C1CCC(C2)N1. The number of H-pyrrole nitrogens is 1. The van der Waals surface area contributed by atoms with Crippen LogP contribution in [0.2, 0.25) is 0 Å². The van der Waals surface area contributed by atoms with Gasteiger partial charge in [-0.1, -0.05) is 0 Å². The minimum Gasteiger partial charge on any atom is -0.310 e. The van der Waals surface area contributed by atoms with E-state index in [9.17, 15) is 4.79 Å². The van der Waals surface area contributed by atoms with Crippen molar-refractivity contribution in [2.75, 3.05) is 0 Å². The third kappa shape index (κ3) is 1.04. The molecule has 0 saturated carbocycles. The molecule has 1 fully saturated rings. The predicted octanol–water partition coefficient (Wildman–Crippen LogP) is 0.428. The molecule has 2 unspecified atom stereocenters. The molecule has 0 aliphatic carbocycles. The lowest BCUT2D eigenvalue weighted by atomic mass is 10.0. The second kappa shape index (κ2) is 2.67.